The second-order valence-corrected chi connectivity index (χ2v) is 5.34. The van der Waals surface area contributed by atoms with Gasteiger partial charge >= 0.3 is 0 Å². The van der Waals surface area contributed by atoms with Crippen molar-refractivity contribution in [1.82, 2.24) is 5.32 Å². The van der Waals surface area contributed by atoms with Gasteiger partial charge in [0.15, 0.2) is 0 Å². The van der Waals surface area contributed by atoms with Crippen LogP contribution in [0.1, 0.15) is 37.1 Å². The molecule has 0 radical (unpaired) electrons. The maximum Gasteiger partial charge on any atom is 0.124 e. The van der Waals surface area contributed by atoms with Gasteiger partial charge in [0.05, 0.1) is 0 Å². The molecule has 2 aromatic rings. The highest BCUT2D eigenvalue weighted by atomic mass is 35.5. The Labute approximate surface area is 123 Å². The highest BCUT2D eigenvalue weighted by Crippen LogP contribution is 2.29. The molecule has 2 aromatic carbocycles. The second kappa shape index (κ2) is 6.16. The fourth-order valence-electron chi connectivity index (χ4n) is 2.24. The summed E-state index contributed by atoms with van der Waals surface area (Å²) < 4.78 is 0. The van der Waals surface area contributed by atoms with Gasteiger partial charge in [0.2, 0.25) is 0 Å². The van der Waals surface area contributed by atoms with Gasteiger partial charge in [0.25, 0.3) is 0 Å². The smallest absolute Gasteiger partial charge is 0.124 e. The minimum absolute atomic E-state index is 0.0513. The Morgan fingerprint density at radius 3 is 2.40 bits per heavy atom. The minimum Gasteiger partial charge on any atom is -0.508 e. The number of halogens is 1. The molecule has 0 heterocycles. The maximum absolute atomic E-state index is 9.87. The average Bonchev–Trinajstić information content (AvgIpc) is 2.38. The van der Waals surface area contributed by atoms with Crippen molar-refractivity contribution in [2.24, 2.45) is 0 Å². The first kappa shape index (κ1) is 14.7. The van der Waals surface area contributed by atoms with Crippen LogP contribution in [-0.2, 0) is 0 Å². The molecule has 20 heavy (non-hydrogen) atoms. The second-order valence-electron chi connectivity index (χ2n) is 4.91. The van der Waals surface area contributed by atoms with Crippen LogP contribution in [0.3, 0.4) is 0 Å². The largest absolute Gasteiger partial charge is 0.508 e. The van der Waals surface area contributed by atoms with Crippen LogP contribution in [0.4, 0.5) is 0 Å². The van der Waals surface area contributed by atoms with Gasteiger partial charge in [0, 0.05) is 28.7 Å². The third-order valence-electron chi connectivity index (χ3n) is 3.33. The fourth-order valence-corrected chi connectivity index (χ4v) is 2.43. The van der Waals surface area contributed by atoms with Crippen molar-refractivity contribution in [1.29, 1.82) is 0 Å². The molecule has 0 saturated heterocycles. The Morgan fingerprint density at radius 1 is 1.00 bits per heavy atom. The van der Waals surface area contributed by atoms with Crippen LogP contribution in [0.2, 0.25) is 5.02 Å². The fraction of sp³-hybridized carbons (Fsp3) is 0.250. The Hall–Kier alpha value is -1.71. The molecule has 106 valence electrons. The van der Waals surface area contributed by atoms with Crippen molar-refractivity contribution in [2.75, 3.05) is 0 Å². The van der Waals surface area contributed by atoms with E-state index in [-0.39, 0.29) is 23.6 Å². The van der Waals surface area contributed by atoms with Crippen LogP contribution in [-0.4, -0.2) is 10.2 Å². The molecule has 2 atom stereocenters. The third kappa shape index (κ3) is 3.44. The molecule has 0 spiro atoms. The number of phenols is 2. The lowest BCUT2D eigenvalue weighted by atomic mass is 10.0. The average molecular weight is 292 g/mol. The number of aromatic hydroxyl groups is 2. The van der Waals surface area contributed by atoms with Gasteiger partial charge in [-0.1, -0.05) is 29.8 Å². The van der Waals surface area contributed by atoms with Crippen molar-refractivity contribution in [3.8, 4) is 11.5 Å². The highest BCUT2D eigenvalue weighted by Gasteiger charge is 2.14. The first-order valence-electron chi connectivity index (χ1n) is 6.50. The number of nitrogens with one attached hydrogen (secondary N) is 1. The molecule has 0 aliphatic rings. The Morgan fingerprint density at radius 2 is 1.75 bits per heavy atom. The Kier molecular flexibility index (Phi) is 4.53. The number of rotatable bonds is 4. The van der Waals surface area contributed by atoms with E-state index >= 15 is 0 Å². The van der Waals surface area contributed by atoms with E-state index in [4.69, 9.17) is 11.6 Å². The molecule has 0 amide bonds. The summed E-state index contributed by atoms with van der Waals surface area (Å²) in [6.45, 7) is 4.01. The Balaban J connectivity index is 2.12. The Bertz CT molecular complexity index is 601. The molecular formula is C16H18ClNO2. The topological polar surface area (TPSA) is 52.5 Å². The molecule has 3 nitrogen and oxygen atoms in total. The van der Waals surface area contributed by atoms with E-state index in [0.717, 1.165) is 11.1 Å². The van der Waals surface area contributed by atoms with E-state index in [9.17, 15) is 10.2 Å². The summed E-state index contributed by atoms with van der Waals surface area (Å²) >= 11 is 5.99. The van der Waals surface area contributed by atoms with Crippen LogP contribution in [0.25, 0.3) is 0 Å². The molecule has 0 fully saturated rings. The van der Waals surface area contributed by atoms with Gasteiger partial charge in [-0.25, -0.2) is 0 Å². The first-order chi connectivity index (χ1) is 9.47. The van der Waals surface area contributed by atoms with Crippen LogP contribution >= 0.6 is 11.6 Å². The predicted molar refractivity (Wildman–Crippen MR) is 81.2 cm³/mol. The molecule has 1 unspecified atom stereocenters. The lowest BCUT2D eigenvalue weighted by Gasteiger charge is -2.21. The predicted octanol–water partition coefficient (Wildman–Crippen LogP) is 4.16. The van der Waals surface area contributed by atoms with Gasteiger partial charge in [-0.05, 0) is 37.6 Å². The molecule has 0 aliphatic heterocycles. The maximum atomic E-state index is 9.87. The molecule has 0 bridgehead atoms. The summed E-state index contributed by atoms with van der Waals surface area (Å²) in [7, 11) is 0. The van der Waals surface area contributed by atoms with E-state index in [1.165, 1.54) is 6.07 Å². The molecular weight excluding hydrogens is 274 g/mol. The van der Waals surface area contributed by atoms with E-state index < -0.39 is 0 Å². The molecule has 0 aliphatic carbocycles. The number of benzene rings is 2. The monoisotopic (exact) mass is 291 g/mol. The third-order valence-corrected chi connectivity index (χ3v) is 3.56. The summed E-state index contributed by atoms with van der Waals surface area (Å²) in [6, 6.07) is 12.4. The van der Waals surface area contributed by atoms with Crippen molar-refractivity contribution in [3.63, 3.8) is 0 Å². The standard InChI is InChI=1S/C16H18ClNO2/c1-10(12-4-3-5-13(17)8-12)18-11(2)15-7-6-14(19)9-16(15)20/h3-11,18-20H,1-2H3/t10-,11?/m0/s1. The quantitative estimate of drug-likeness (QED) is 0.793. The van der Waals surface area contributed by atoms with E-state index in [1.54, 1.807) is 12.1 Å². The molecule has 0 saturated carbocycles. The number of hydrogen-bond acceptors (Lipinski definition) is 3. The lowest BCUT2D eigenvalue weighted by Crippen LogP contribution is -2.22. The molecule has 2 rings (SSSR count). The first-order valence-corrected chi connectivity index (χ1v) is 6.88. The summed E-state index contributed by atoms with van der Waals surface area (Å²) in [5, 5.41) is 23.3. The van der Waals surface area contributed by atoms with E-state index in [2.05, 4.69) is 5.32 Å². The zero-order valence-electron chi connectivity index (χ0n) is 11.5. The van der Waals surface area contributed by atoms with Crippen molar-refractivity contribution in [3.05, 3.63) is 58.6 Å². The van der Waals surface area contributed by atoms with Gasteiger partial charge in [0.1, 0.15) is 11.5 Å². The van der Waals surface area contributed by atoms with Crippen molar-refractivity contribution < 1.29 is 10.2 Å². The van der Waals surface area contributed by atoms with Gasteiger partial charge in [-0.3, -0.25) is 0 Å². The normalized spacial score (nSPS) is 13.9. The van der Waals surface area contributed by atoms with Gasteiger partial charge < -0.3 is 15.5 Å². The summed E-state index contributed by atoms with van der Waals surface area (Å²) in [5.74, 6) is 0.143. The molecule has 3 N–H and O–H groups in total. The van der Waals surface area contributed by atoms with Crippen LogP contribution < -0.4 is 5.32 Å². The molecule has 4 heteroatoms. The lowest BCUT2D eigenvalue weighted by molar-refractivity contribution is 0.427. The van der Waals surface area contributed by atoms with Gasteiger partial charge in [-0.15, -0.1) is 0 Å². The van der Waals surface area contributed by atoms with Crippen molar-refractivity contribution in [2.45, 2.75) is 25.9 Å². The summed E-state index contributed by atoms with van der Waals surface area (Å²) in [5.41, 5.74) is 1.83. The zero-order chi connectivity index (χ0) is 14.7. The minimum atomic E-state index is -0.0513. The zero-order valence-corrected chi connectivity index (χ0v) is 12.2. The number of hydrogen-bond donors (Lipinski definition) is 3. The van der Waals surface area contributed by atoms with Crippen LogP contribution in [0, 0.1) is 0 Å². The van der Waals surface area contributed by atoms with Crippen molar-refractivity contribution >= 4 is 11.6 Å². The summed E-state index contributed by atoms with van der Waals surface area (Å²) in [6.07, 6.45) is 0. The van der Waals surface area contributed by atoms with Gasteiger partial charge in [-0.2, -0.15) is 0 Å². The SMILES string of the molecule is CC(N[C@@H](C)c1cccc(Cl)c1)c1ccc(O)cc1O. The summed E-state index contributed by atoms with van der Waals surface area (Å²) in [4.78, 5) is 0. The van der Waals surface area contributed by atoms with Crippen LogP contribution in [0.15, 0.2) is 42.5 Å². The molecule has 0 aromatic heterocycles. The van der Waals surface area contributed by atoms with E-state index in [1.807, 2.05) is 38.1 Å². The highest BCUT2D eigenvalue weighted by molar-refractivity contribution is 6.30. The van der Waals surface area contributed by atoms with E-state index in [0.29, 0.717) is 5.02 Å². The number of phenolic OH excluding ortho intramolecular Hbond substituents is 2. The van der Waals surface area contributed by atoms with Crippen LogP contribution in [0.5, 0.6) is 11.5 Å².